The molecule has 0 unspecified atom stereocenters. The number of hydrogen-bond donors (Lipinski definition) is 2. The number of anilines is 4. The Morgan fingerprint density at radius 2 is 1.86 bits per heavy atom. The highest BCUT2D eigenvalue weighted by atomic mass is 32.2. The molecule has 2 atom stereocenters. The van der Waals surface area contributed by atoms with Gasteiger partial charge in [0, 0.05) is 61.2 Å². The van der Waals surface area contributed by atoms with Crippen molar-refractivity contribution < 1.29 is 17.9 Å². The summed E-state index contributed by atoms with van der Waals surface area (Å²) in [6.07, 6.45) is 3.93. The van der Waals surface area contributed by atoms with Gasteiger partial charge >= 0.3 is 0 Å². The molecule has 2 aliphatic heterocycles. The standard InChI is InChI=1S/C24H30FN7O3S/c1-24(2)14-32(12-18(25)21(24)33)23-27-7-5-19(30-23)29-20-8-16-4-6-26-22(17(16)9-28-20)31-10-15(11-31)13-36(3,34)35/h4-9,15,18,21,33H,10-14H2,1-3H3,(H,27,28,29,30)/t18-,21-/m1/s1. The minimum atomic E-state index is -3.00. The Hall–Kier alpha value is -3.12. The zero-order valence-corrected chi connectivity index (χ0v) is 21.3. The van der Waals surface area contributed by atoms with Crippen molar-refractivity contribution in [2.75, 3.05) is 53.3 Å². The predicted molar refractivity (Wildman–Crippen MR) is 137 cm³/mol. The first kappa shape index (κ1) is 24.6. The van der Waals surface area contributed by atoms with Crippen molar-refractivity contribution in [3.8, 4) is 0 Å². The largest absolute Gasteiger partial charge is 0.389 e. The number of nitrogens with zero attached hydrogens (tertiary/aromatic N) is 6. The number of aliphatic hydroxyl groups excluding tert-OH is 1. The second-order valence-electron chi connectivity index (χ2n) is 10.5. The fourth-order valence-electron chi connectivity index (χ4n) is 4.95. The molecule has 2 aliphatic rings. The Morgan fingerprint density at radius 3 is 2.58 bits per heavy atom. The monoisotopic (exact) mass is 515 g/mol. The molecule has 3 aromatic heterocycles. The van der Waals surface area contributed by atoms with Crippen LogP contribution in [0.3, 0.4) is 0 Å². The first-order valence-electron chi connectivity index (χ1n) is 11.8. The van der Waals surface area contributed by atoms with Crippen LogP contribution < -0.4 is 15.1 Å². The van der Waals surface area contributed by atoms with E-state index in [0.717, 1.165) is 16.6 Å². The third kappa shape index (κ3) is 5.05. The summed E-state index contributed by atoms with van der Waals surface area (Å²) in [7, 11) is -3.00. The number of pyridine rings is 2. The molecule has 3 aromatic rings. The van der Waals surface area contributed by atoms with E-state index < -0.39 is 27.5 Å². The van der Waals surface area contributed by atoms with Gasteiger partial charge in [-0.25, -0.2) is 27.8 Å². The molecule has 2 N–H and O–H groups in total. The van der Waals surface area contributed by atoms with Crippen LogP contribution in [0.25, 0.3) is 10.8 Å². The zero-order valence-electron chi connectivity index (χ0n) is 20.5. The average Bonchev–Trinajstić information content (AvgIpc) is 2.78. The SMILES string of the molecule is CC1(C)CN(c2nccc(Nc3cc4ccnc(N5CC(CS(C)(=O)=O)C5)c4cn3)n2)C[C@@H](F)[C@H]1O. The molecule has 0 spiro atoms. The van der Waals surface area contributed by atoms with Crippen molar-refractivity contribution >= 4 is 44.0 Å². The number of halogens is 1. The molecule has 0 radical (unpaired) electrons. The van der Waals surface area contributed by atoms with E-state index in [2.05, 4.69) is 30.2 Å². The number of aromatic nitrogens is 4. The number of hydrogen-bond acceptors (Lipinski definition) is 10. The lowest BCUT2D eigenvalue weighted by atomic mass is 9.80. The third-order valence-electron chi connectivity index (χ3n) is 6.74. The van der Waals surface area contributed by atoms with E-state index in [1.807, 2.05) is 26.0 Å². The van der Waals surface area contributed by atoms with Crippen LogP contribution in [-0.2, 0) is 9.84 Å². The van der Waals surface area contributed by atoms with Crippen LogP contribution in [0, 0.1) is 11.3 Å². The minimum Gasteiger partial charge on any atom is -0.389 e. The molecule has 0 bridgehead atoms. The van der Waals surface area contributed by atoms with Crippen LogP contribution in [0.15, 0.2) is 36.8 Å². The molecule has 0 saturated carbocycles. The lowest BCUT2D eigenvalue weighted by molar-refractivity contribution is -0.0257. The van der Waals surface area contributed by atoms with Crippen LogP contribution >= 0.6 is 0 Å². The van der Waals surface area contributed by atoms with Crippen LogP contribution in [0.2, 0.25) is 0 Å². The molecular weight excluding hydrogens is 485 g/mol. The van der Waals surface area contributed by atoms with E-state index in [-0.39, 0.29) is 18.2 Å². The normalized spacial score (nSPS) is 22.5. The van der Waals surface area contributed by atoms with Gasteiger partial charge in [0.1, 0.15) is 33.5 Å². The Bertz CT molecular complexity index is 1380. The van der Waals surface area contributed by atoms with Crippen molar-refractivity contribution in [1.82, 2.24) is 19.9 Å². The number of alkyl halides is 1. The number of rotatable bonds is 6. The first-order valence-corrected chi connectivity index (χ1v) is 13.9. The second-order valence-corrected chi connectivity index (χ2v) is 12.7. The van der Waals surface area contributed by atoms with Gasteiger partial charge in [0.25, 0.3) is 0 Å². The summed E-state index contributed by atoms with van der Waals surface area (Å²) in [6.45, 7) is 5.41. The van der Waals surface area contributed by atoms with E-state index in [4.69, 9.17) is 0 Å². The van der Waals surface area contributed by atoms with E-state index >= 15 is 0 Å². The van der Waals surface area contributed by atoms with Gasteiger partial charge in [0.05, 0.1) is 18.4 Å². The molecule has 10 nitrogen and oxygen atoms in total. The van der Waals surface area contributed by atoms with Crippen molar-refractivity contribution in [2.45, 2.75) is 26.1 Å². The van der Waals surface area contributed by atoms with E-state index in [0.29, 0.717) is 37.2 Å². The van der Waals surface area contributed by atoms with Crippen LogP contribution in [0.4, 0.5) is 27.8 Å². The summed E-state index contributed by atoms with van der Waals surface area (Å²) in [5.74, 6) is 2.57. The smallest absolute Gasteiger partial charge is 0.227 e. The lowest BCUT2D eigenvalue weighted by Crippen LogP contribution is -2.55. The summed E-state index contributed by atoms with van der Waals surface area (Å²) >= 11 is 0. The molecule has 2 fully saturated rings. The van der Waals surface area contributed by atoms with Gasteiger partial charge < -0.3 is 20.2 Å². The molecule has 0 aromatic carbocycles. The molecule has 36 heavy (non-hydrogen) atoms. The number of nitrogens with one attached hydrogen (secondary N) is 1. The number of piperidine rings is 1. The first-order chi connectivity index (χ1) is 17.0. The van der Waals surface area contributed by atoms with Gasteiger partial charge in [0.15, 0.2) is 0 Å². The second kappa shape index (κ2) is 9.07. The summed E-state index contributed by atoms with van der Waals surface area (Å²) in [4.78, 5) is 21.7. The Morgan fingerprint density at radius 1 is 1.11 bits per heavy atom. The fraction of sp³-hybridized carbons (Fsp3) is 0.500. The molecule has 192 valence electrons. The molecule has 2 saturated heterocycles. The van der Waals surface area contributed by atoms with Gasteiger partial charge in [-0.15, -0.1) is 0 Å². The van der Waals surface area contributed by atoms with Crippen LogP contribution in [0.5, 0.6) is 0 Å². The van der Waals surface area contributed by atoms with Gasteiger partial charge in [0.2, 0.25) is 5.95 Å². The van der Waals surface area contributed by atoms with Gasteiger partial charge in [-0.3, -0.25) is 0 Å². The highest BCUT2D eigenvalue weighted by Crippen LogP contribution is 2.33. The molecule has 5 heterocycles. The molecule has 12 heteroatoms. The van der Waals surface area contributed by atoms with Crippen molar-refractivity contribution in [1.29, 1.82) is 0 Å². The van der Waals surface area contributed by atoms with Crippen LogP contribution in [-0.4, -0.2) is 83.9 Å². The lowest BCUT2D eigenvalue weighted by Gasteiger charge is -2.43. The average molecular weight is 516 g/mol. The maximum atomic E-state index is 14.4. The molecular formula is C24H30FN7O3S. The molecule has 5 rings (SSSR count). The van der Waals surface area contributed by atoms with E-state index in [1.54, 1.807) is 29.6 Å². The number of sulfone groups is 1. The molecule has 0 aliphatic carbocycles. The quantitative estimate of drug-likeness (QED) is 0.505. The van der Waals surface area contributed by atoms with E-state index in [9.17, 15) is 17.9 Å². The highest BCUT2D eigenvalue weighted by Gasteiger charge is 2.42. The summed E-state index contributed by atoms with van der Waals surface area (Å²) in [5, 5.41) is 15.2. The topological polar surface area (TPSA) is 124 Å². The summed E-state index contributed by atoms with van der Waals surface area (Å²) in [5.41, 5.74) is -0.628. The number of fused-ring (bicyclic) bond motifs is 1. The minimum absolute atomic E-state index is 0.0274. The maximum Gasteiger partial charge on any atom is 0.227 e. The summed E-state index contributed by atoms with van der Waals surface area (Å²) < 4.78 is 37.5. The van der Waals surface area contributed by atoms with E-state index in [1.165, 1.54) is 6.26 Å². The Balaban J connectivity index is 1.32. The fourth-order valence-corrected chi connectivity index (χ4v) is 6.02. The Kier molecular flexibility index (Phi) is 6.19. The summed E-state index contributed by atoms with van der Waals surface area (Å²) in [6, 6.07) is 5.51. The van der Waals surface area contributed by atoms with Crippen molar-refractivity contribution in [3.05, 3.63) is 36.8 Å². The predicted octanol–water partition coefficient (Wildman–Crippen LogP) is 2.19. The van der Waals surface area contributed by atoms with Crippen molar-refractivity contribution in [3.63, 3.8) is 0 Å². The highest BCUT2D eigenvalue weighted by molar-refractivity contribution is 7.90. The van der Waals surface area contributed by atoms with Gasteiger partial charge in [-0.1, -0.05) is 13.8 Å². The third-order valence-corrected chi connectivity index (χ3v) is 7.82. The maximum absolute atomic E-state index is 14.4. The number of aliphatic hydroxyl groups is 1. The zero-order chi connectivity index (χ0) is 25.7. The Labute approximate surface area is 209 Å². The van der Waals surface area contributed by atoms with Gasteiger partial charge in [-0.2, -0.15) is 4.98 Å². The molecule has 0 amide bonds. The van der Waals surface area contributed by atoms with Crippen molar-refractivity contribution in [2.24, 2.45) is 11.3 Å². The van der Waals surface area contributed by atoms with Gasteiger partial charge in [-0.05, 0) is 23.6 Å². The van der Waals surface area contributed by atoms with Crippen LogP contribution in [0.1, 0.15) is 13.8 Å².